The average molecular weight is 389 g/mol. The summed E-state index contributed by atoms with van der Waals surface area (Å²) in [5.74, 6) is 1.13. The Labute approximate surface area is 158 Å². The molecule has 9 heteroatoms. The second-order valence-corrected chi connectivity index (χ2v) is 8.65. The molecule has 1 aromatic carbocycles. The van der Waals surface area contributed by atoms with Gasteiger partial charge in [0.25, 0.3) is 0 Å². The molecule has 1 aliphatic heterocycles. The van der Waals surface area contributed by atoms with Gasteiger partial charge in [-0.25, -0.2) is 18.1 Å². The van der Waals surface area contributed by atoms with Gasteiger partial charge in [-0.2, -0.15) is 5.10 Å². The van der Waals surface area contributed by atoms with Gasteiger partial charge in [-0.3, -0.25) is 4.68 Å². The van der Waals surface area contributed by atoms with Crippen LogP contribution in [0.15, 0.2) is 46.0 Å². The molecule has 2 aromatic heterocycles. The van der Waals surface area contributed by atoms with Crippen LogP contribution in [-0.4, -0.2) is 54.3 Å². The van der Waals surface area contributed by atoms with Gasteiger partial charge in [0.05, 0.1) is 6.20 Å². The van der Waals surface area contributed by atoms with E-state index in [1.165, 1.54) is 17.1 Å². The SMILES string of the molecule is Cn1cc(S(=O)(=O)NCCN2CCC(c3nc4ccccc4o3)CC2)cn1. The minimum absolute atomic E-state index is 0.194. The number of benzene rings is 1. The zero-order chi connectivity index (χ0) is 18.9. The molecule has 1 saturated heterocycles. The van der Waals surface area contributed by atoms with Crippen molar-refractivity contribution < 1.29 is 12.8 Å². The van der Waals surface area contributed by atoms with Gasteiger partial charge >= 0.3 is 0 Å². The van der Waals surface area contributed by atoms with E-state index in [0.29, 0.717) is 19.0 Å². The molecule has 8 nitrogen and oxygen atoms in total. The molecular formula is C18H23N5O3S. The lowest BCUT2D eigenvalue weighted by Crippen LogP contribution is -2.39. The Balaban J connectivity index is 1.27. The summed E-state index contributed by atoms with van der Waals surface area (Å²) in [4.78, 5) is 7.07. The van der Waals surface area contributed by atoms with Gasteiger partial charge in [-0.1, -0.05) is 12.1 Å². The average Bonchev–Trinajstić information content (AvgIpc) is 3.28. The molecule has 3 aromatic rings. The summed E-state index contributed by atoms with van der Waals surface area (Å²) in [6.45, 7) is 2.86. The first kappa shape index (κ1) is 18.1. The molecule has 0 atom stereocenters. The number of aryl methyl sites for hydroxylation is 1. The number of fused-ring (bicyclic) bond motifs is 1. The maximum Gasteiger partial charge on any atom is 0.243 e. The Morgan fingerprint density at radius 2 is 2.04 bits per heavy atom. The summed E-state index contributed by atoms with van der Waals surface area (Å²) in [5.41, 5.74) is 1.74. The Bertz CT molecular complexity index is 985. The standard InChI is InChI=1S/C18H23N5O3S/c1-22-13-15(12-19-22)27(24,25)20-8-11-23-9-6-14(7-10-23)18-21-16-4-2-3-5-17(16)26-18/h2-5,12-14,20H,6-11H2,1H3. The molecule has 0 unspecified atom stereocenters. The third kappa shape index (κ3) is 4.05. The van der Waals surface area contributed by atoms with E-state index in [0.717, 1.165) is 42.9 Å². The van der Waals surface area contributed by atoms with Crippen molar-refractivity contribution in [2.45, 2.75) is 23.7 Å². The Hall–Kier alpha value is -2.23. The normalized spacial score (nSPS) is 16.9. The van der Waals surface area contributed by atoms with E-state index in [9.17, 15) is 8.42 Å². The summed E-state index contributed by atoms with van der Waals surface area (Å²) in [5, 5.41) is 3.91. The second-order valence-electron chi connectivity index (χ2n) is 6.88. The molecule has 4 rings (SSSR count). The Kier molecular flexibility index (Phi) is 4.98. The number of nitrogens with one attached hydrogen (secondary N) is 1. The molecule has 144 valence electrons. The van der Waals surface area contributed by atoms with E-state index in [-0.39, 0.29) is 4.90 Å². The molecular weight excluding hydrogens is 366 g/mol. The van der Waals surface area contributed by atoms with E-state index in [4.69, 9.17) is 4.42 Å². The lowest BCUT2D eigenvalue weighted by molar-refractivity contribution is 0.204. The van der Waals surface area contributed by atoms with Crippen LogP contribution < -0.4 is 4.72 Å². The van der Waals surface area contributed by atoms with Crippen LogP contribution in [0.4, 0.5) is 0 Å². The van der Waals surface area contributed by atoms with Gasteiger partial charge in [-0.15, -0.1) is 0 Å². The highest BCUT2D eigenvalue weighted by atomic mass is 32.2. The topological polar surface area (TPSA) is 93.3 Å². The highest BCUT2D eigenvalue weighted by molar-refractivity contribution is 7.89. The number of likely N-dealkylation sites (tertiary alicyclic amines) is 1. The minimum Gasteiger partial charge on any atom is -0.440 e. The fraction of sp³-hybridized carbons (Fsp3) is 0.444. The first-order valence-corrected chi connectivity index (χ1v) is 10.6. The van der Waals surface area contributed by atoms with Crippen molar-refractivity contribution in [2.24, 2.45) is 7.05 Å². The van der Waals surface area contributed by atoms with Gasteiger partial charge in [0.15, 0.2) is 11.5 Å². The summed E-state index contributed by atoms with van der Waals surface area (Å²) >= 11 is 0. The van der Waals surface area contributed by atoms with Crippen molar-refractivity contribution in [3.8, 4) is 0 Å². The van der Waals surface area contributed by atoms with Gasteiger partial charge in [0, 0.05) is 32.3 Å². The summed E-state index contributed by atoms with van der Waals surface area (Å²) in [6, 6.07) is 7.82. The highest BCUT2D eigenvalue weighted by Gasteiger charge is 2.25. The summed E-state index contributed by atoms with van der Waals surface area (Å²) < 4.78 is 34.4. The quantitative estimate of drug-likeness (QED) is 0.690. The molecule has 3 heterocycles. The molecule has 1 aliphatic rings. The van der Waals surface area contributed by atoms with Crippen molar-refractivity contribution in [2.75, 3.05) is 26.2 Å². The van der Waals surface area contributed by atoms with E-state index in [2.05, 4.69) is 19.7 Å². The predicted molar refractivity (Wildman–Crippen MR) is 101 cm³/mol. The monoisotopic (exact) mass is 389 g/mol. The second kappa shape index (κ2) is 7.41. The first-order chi connectivity index (χ1) is 13.0. The zero-order valence-corrected chi connectivity index (χ0v) is 16.0. The highest BCUT2D eigenvalue weighted by Crippen LogP contribution is 2.29. The number of rotatable bonds is 6. The van der Waals surface area contributed by atoms with Crippen LogP contribution in [0.5, 0.6) is 0 Å². The smallest absolute Gasteiger partial charge is 0.243 e. The van der Waals surface area contributed by atoms with Gasteiger partial charge in [0.2, 0.25) is 10.0 Å². The summed E-state index contributed by atoms with van der Waals surface area (Å²) in [7, 11) is -1.80. The number of hydrogen-bond acceptors (Lipinski definition) is 6. The number of hydrogen-bond donors (Lipinski definition) is 1. The predicted octanol–water partition coefficient (Wildman–Crippen LogP) is 1.72. The number of nitrogens with zero attached hydrogens (tertiary/aromatic N) is 4. The fourth-order valence-electron chi connectivity index (χ4n) is 3.43. The van der Waals surface area contributed by atoms with Crippen LogP contribution in [0.2, 0.25) is 0 Å². The van der Waals surface area contributed by atoms with Gasteiger partial charge in [-0.05, 0) is 38.1 Å². The number of piperidine rings is 1. The molecule has 1 fully saturated rings. The van der Waals surface area contributed by atoms with Crippen molar-refractivity contribution >= 4 is 21.1 Å². The first-order valence-electron chi connectivity index (χ1n) is 9.07. The molecule has 1 N–H and O–H groups in total. The van der Waals surface area contributed by atoms with Crippen LogP contribution in [0.25, 0.3) is 11.1 Å². The Morgan fingerprint density at radius 1 is 1.26 bits per heavy atom. The van der Waals surface area contributed by atoms with Crippen molar-refractivity contribution in [1.29, 1.82) is 0 Å². The maximum absolute atomic E-state index is 12.2. The molecule has 0 radical (unpaired) electrons. The number of oxazole rings is 1. The minimum atomic E-state index is -3.49. The van der Waals surface area contributed by atoms with E-state index in [1.807, 2.05) is 24.3 Å². The van der Waals surface area contributed by atoms with Crippen LogP contribution in [0, 0.1) is 0 Å². The lowest BCUT2D eigenvalue weighted by Gasteiger charge is -2.30. The van der Waals surface area contributed by atoms with E-state index < -0.39 is 10.0 Å². The molecule has 0 bridgehead atoms. The summed E-state index contributed by atoms with van der Waals surface area (Å²) in [6.07, 6.45) is 4.77. The van der Waals surface area contributed by atoms with Crippen molar-refractivity contribution in [1.82, 2.24) is 24.4 Å². The lowest BCUT2D eigenvalue weighted by atomic mass is 9.97. The molecule has 0 aliphatic carbocycles. The number of sulfonamides is 1. The van der Waals surface area contributed by atoms with Gasteiger partial charge in [0.1, 0.15) is 10.4 Å². The van der Waals surface area contributed by atoms with Gasteiger partial charge < -0.3 is 9.32 Å². The molecule has 27 heavy (non-hydrogen) atoms. The van der Waals surface area contributed by atoms with Crippen molar-refractivity contribution in [3.63, 3.8) is 0 Å². The molecule has 0 saturated carbocycles. The third-order valence-electron chi connectivity index (χ3n) is 4.96. The Morgan fingerprint density at radius 3 is 2.74 bits per heavy atom. The third-order valence-corrected chi connectivity index (χ3v) is 6.37. The fourth-order valence-corrected chi connectivity index (χ4v) is 4.43. The van der Waals surface area contributed by atoms with E-state index in [1.54, 1.807) is 7.05 Å². The van der Waals surface area contributed by atoms with Crippen LogP contribution in [0.3, 0.4) is 0 Å². The molecule has 0 spiro atoms. The van der Waals surface area contributed by atoms with Crippen LogP contribution >= 0.6 is 0 Å². The van der Waals surface area contributed by atoms with E-state index >= 15 is 0 Å². The zero-order valence-electron chi connectivity index (χ0n) is 15.2. The van der Waals surface area contributed by atoms with Crippen LogP contribution in [0.1, 0.15) is 24.7 Å². The maximum atomic E-state index is 12.2. The number of aromatic nitrogens is 3. The van der Waals surface area contributed by atoms with Crippen molar-refractivity contribution in [3.05, 3.63) is 42.5 Å². The largest absolute Gasteiger partial charge is 0.440 e. The number of para-hydroxylation sites is 2. The van der Waals surface area contributed by atoms with Crippen LogP contribution in [-0.2, 0) is 17.1 Å². The molecule has 0 amide bonds.